The first-order chi connectivity index (χ1) is 10.3. The molecule has 1 unspecified atom stereocenters. The molecule has 0 saturated carbocycles. The molecule has 1 aliphatic heterocycles. The Kier molecular flexibility index (Phi) is 5.24. The average molecular weight is 342 g/mol. The number of anilines is 1. The molecule has 7 heteroatoms. The molecule has 1 amide bonds. The number of carbonyl (C=O) groups excluding carboxylic acids is 1. The Labute approximate surface area is 137 Å². The summed E-state index contributed by atoms with van der Waals surface area (Å²) in [6, 6.07) is 0. The van der Waals surface area contributed by atoms with Crippen LogP contribution in [0.3, 0.4) is 0 Å². The van der Waals surface area contributed by atoms with E-state index in [0.717, 1.165) is 41.1 Å². The average Bonchev–Trinajstić information content (AvgIpc) is 3.13. The normalized spacial score (nSPS) is 19.0. The van der Waals surface area contributed by atoms with Gasteiger partial charge in [-0.2, -0.15) is 0 Å². The van der Waals surface area contributed by atoms with E-state index in [0.29, 0.717) is 0 Å². The fourth-order valence-electron chi connectivity index (χ4n) is 2.42. The van der Waals surface area contributed by atoms with Crippen molar-refractivity contribution in [2.45, 2.75) is 44.3 Å². The Morgan fingerprint density at radius 3 is 3.00 bits per heavy atom. The molecule has 3 rings (SSSR count). The first-order valence-electron chi connectivity index (χ1n) is 7.39. The highest BCUT2D eigenvalue weighted by Gasteiger charge is 2.23. The molecule has 4 nitrogen and oxygen atoms in total. The lowest BCUT2D eigenvalue weighted by Gasteiger charge is -2.12. The van der Waals surface area contributed by atoms with E-state index in [1.54, 1.807) is 34.9 Å². The van der Waals surface area contributed by atoms with Crippen LogP contribution < -0.4 is 5.32 Å². The third-order valence-corrected chi connectivity index (χ3v) is 7.18. The molecule has 2 aliphatic rings. The minimum atomic E-state index is -0.0738. The first-order valence-corrected chi connectivity index (χ1v) is 10.1. The quantitative estimate of drug-likeness (QED) is 0.909. The van der Waals surface area contributed by atoms with Crippen molar-refractivity contribution in [3.8, 4) is 0 Å². The van der Waals surface area contributed by atoms with Gasteiger partial charge in [0.2, 0.25) is 5.91 Å². The van der Waals surface area contributed by atoms with Gasteiger partial charge in [0.05, 0.1) is 17.5 Å². The zero-order valence-corrected chi connectivity index (χ0v) is 14.5. The molecule has 0 aromatic carbocycles. The number of aromatic nitrogens is 1. The monoisotopic (exact) mass is 341 g/mol. The van der Waals surface area contributed by atoms with Crippen LogP contribution in [0.1, 0.15) is 36.8 Å². The topological polar surface area (TPSA) is 54.4 Å². The van der Waals surface area contributed by atoms with Gasteiger partial charge in [0.25, 0.3) is 0 Å². The van der Waals surface area contributed by atoms with Crippen LogP contribution in [0.25, 0.3) is 0 Å². The summed E-state index contributed by atoms with van der Waals surface area (Å²) in [4.78, 5) is 22.8. The molecule has 0 radical (unpaired) electrons. The lowest BCUT2D eigenvalue weighted by molar-refractivity contribution is -0.115. The van der Waals surface area contributed by atoms with Crippen molar-refractivity contribution in [2.24, 2.45) is 4.99 Å². The second-order valence-corrected chi connectivity index (χ2v) is 8.71. The van der Waals surface area contributed by atoms with Crippen LogP contribution in [0.2, 0.25) is 0 Å². The van der Waals surface area contributed by atoms with Gasteiger partial charge in [0, 0.05) is 10.6 Å². The number of fused-ring (bicyclic) bond motifs is 1. The number of aryl methyl sites for hydroxylation is 2. The number of nitrogens with zero attached hydrogens (tertiary/aromatic N) is 2. The molecular formula is C14H19N3OS3. The lowest BCUT2D eigenvalue weighted by atomic mass is 10.0. The number of hydrogen-bond acceptors (Lipinski definition) is 6. The van der Waals surface area contributed by atoms with Gasteiger partial charge in [-0.3, -0.25) is 9.79 Å². The Bertz CT molecular complexity index is 532. The second kappa shape index (κ2) is 7.15. The van der Waals surface area contributed by atoms with E-state index in [1.165, 1.54) is 23.4 Å². The summed E-state index contributed by atoms with van der Waals surface area (Å²) in [7, 11) is 0. The van der Waals surface area contributed by atoms with E-state index in [4.69, 9.17) is 0 Å². The molecule has 1 aromatic rings. The Morgan fingerprint density at radius 1 is 1.43 bits per heavy atom. The van der Waals surface area contributed by atoms with Crippen molar-refractivity contribution in [2.75, 3.05) is 17.6 Å². The lowest BCUT2D eigenvalue weighted by Crippen LogP contribution is -2.25. The van der Waals surface area contributed by atoms with Gasteiger partial charge in [-0.15, -0.1) is 11.3 Å². The van der Waals surface area contributed by atoms with Crippen LogP contribution in [-0.4, -0.2) is 32.8 Å². The van der Waals surface area contributed by atoms with Gasteiger partial charge in [-0.05, 0) is 32.1 Å². The molecule has 0 saturated heterocycles. The van der Waals surface area contributed by atoms with E-state index in [9.17, 15) is 4.79 Å². The highest BCUT2D eigenvalue weighted by molar-refractivity contribution is 8.39. The van der Waals surface area contributed by atoms with Crippen molar-refractivity contribution in [3.05, 3.63) is 10.6 Å². The number of aliphatic imine (C=N–C) groups is 1. The second-order valence-electron chi connectivity index (χ2n) is 5.10. The van der Waals surface area contributed by atoms with Crippen molar-refractivity contribution in [3.63, 3.8) is 0 Å². The molecular weight excluding hydrogens is 322 g/mol. The van der Waals surface area contributed by atoms with Gasteiger partial charge in [-0.25, -0.2) is 4.98 Å². The Morgan fingerprint density at radius 2 is 2.29 bits per heavy atom. The van der Waals surface area contributed by atoms with Gasteiger partial charge >= 0.3 is 0 Å². The number of amides is 1. The number of hydrogen-bond donors (Lipinski definition) is 1. The van der Waals surface area contributed by atoms with E-state index < -0.39 is 0 Å². The maximum Gasteiger partial charge on any atom is 0.239 e. The number of carbonyl (C=O) groups is 1. The standard InChI is InChI=1S/C14H19N3OS3/c1-2-10(21-14-15-7-8-19-14)12(18)17-13-16-9-5-3-4-6-11(9)20-13/h10H,2-8H2,1H3,(H,16,17,18). The highest BCUT2D eigenvalue weighted by atomic mass is 32.2. The van der Waals surface area contributed by atoms with Crippen molar-refractivity contribution < 1.29 is 4.79 Å². The fraction of sp³-hybridized carbons (Fsp3) is 0.643. The van der Waals surface area contributed by atoms with E-state index in [2.05, 4.69) is 15.3 Å². The van der Waals surface area contributed by atoms with E-state index in [1.807, 2.05) is 6.92 Å². The maximum atomic E-state index is 12.4. The number of thiazole rings is 1. The van der Waals surface area contributed by atoms with E-state index >= 15 is 0 Å². The van der Waals surface area contributed by atoms with Gasteiger partial charge in [0.1, 0.15) is 4.38 Å². The van der Waals surface area contributed by atoms with Crippen molar-refractivity contribution in [1.82, 2.24) is 4.98 Å². The molecule has 1 aromatic heterocycles. The maximum absolute atomic E-state index is 12.4. The van der Waals surface area contributed by atoms with Crippen molar-refractivity contribution in [1.29, 1.82) is 0 Å². The molecule has 0 fully saturated rings. The summed E-state index contributed by atoms with van der Waals surface area (Å²) in [6.07, 6.45) is 5.44. The van der Waals surface area contributed by atoms with Gasteiger partial charge in [0.15, 0.2) is 5.13 Å². The first kappa shape index (κ1) is 15.4. The molecule has 1 aliphatic carbocycles. The Hall–Kier alpha value is -0.530. The van der Waals surface area contributed by atoms with E-state index in [-0.39, 0.29) is 11.2 Å². The predicted octanol–water partition coefficient (Wildman–Crippen LogP) is 3.58. The summed E-state index contributed by atoms with van der Waals surface area (Å²) < 4.78 is 1.05. The number of nitrogens with one attached hydrogen (secondary N) is 1. The van der Waals surface area contributed by atoms with Gasteiger partial charge in [-0.1, -0.05) is 30.4 Å². The van der Waals surface area contributed by atoms with Crippen molar-refractivity contribution >= 4 is 50.3 Å². The zero-order chi connectivity index (χ0) is 14.7. The SMILES string of the molecule is CCC(SC1=NCCS1)C(=O)Nc1nc2c(s1)CCCC2. The molecule has 21 heavy (non-hydrogen) atoms. The third-order valence-electron chi connectivity index (χ3n) is 3.54. The van der Waals surface area contributed by atoms with Crippen LogP contribution in [-0.2, 0) is 17.6 Å². The van der Waals surface area contributed by atoms with Crippen LogP contribution in [0.4, 0.5) is 5.13 Å². The molecule has 2 heterocycles. The fourth-order valence-corrected chi connectivity index (χ4v) is 5.63. The largest absolute Gasteiger partial charge is 0.301 e. The summed E-state index contributed by atoms with van der Waals surface area (Å²) in [5.41, 5.74) is 1.19. The molecule has 1 atom stereocenters. The summed E-state index contributed by atoms with van der Waals surface area (Å²) in [5.74, 6) is 1.10. The third kappa shape index (κ3) is 3.81. The highest BCUT2D eigenvalue weighted by Crippen LogP contribution is 2.31. The smallest absolute Gasteiger partial charge is 0.239 e. The zero-order valence-electron chi connectivity index (χ0n) is 12.1. The minimum absolute atomic E-state index is 0.0591. The molecule has 0 bridgehead atoms. The number of rotatable bonds is 4. The van der Waals surface area contributed by atoms with Crippen LogP contribution in [0, 0.1) is 0 Å². The molecule has 1 N–H and O–H groups in total. The summed E-state index contributed by atoms with van der Waals surface area (Å²) in [5, 5.41) is 3.70. The minimum Gasteiger partial charge on any atom is -0.301 e. The molecule has 114 valence electrons. The Balaban J connectivity index is 1.62. The molecule has 0 spiro atoms. The van der Waals surface area contributed by atoms with Crippen LogP contribution >= 0.6 is 34.9 Å². The van der Waals surface area contributed by atoms with Crippen LogP contribution in [0.15, 0.2) is 4.99 Å². The summed E-state index contributed by atoms with van der Waals surface area (Å²) >= 11 is 4.99. The summed E-state index contributed by atoms with van der Waals surface area (Å²) in [6.45, 7) is 2.93. The number of thioether (sulfide) groups is 2. The predicted molar refractivity (Wildman–Crippen MR) is 93.8 cm³/mol. The van der Waals surface area contributed by atoms with Crippen LogP contribution in [0.5, 0.6) is 0 Å². The van der Waals surface area contributed by atoms with Gasteiger partial charge < -0.3 is 5.32 Å².